The number of hydrogen-bond acceptors (Lipinski definition) is 5. The topological polar surface area (TPSA) is 47.5 Å². The minimum Gasteiger partial charge on any atom is -0.476 e. The zero-order valence-electron chi connectivity index (χ0n) is 14.6. The lowest BCUT2D eigenvalue weighted by Gasteiger charge is -2.35. The number of hydrogen-bond donors (Lipinski definition) is 0. The molecule has 2 atom stereocenters. The third-order valence-corrected chi connectivity index (χ3v) is 5.03. The van der Waals surface area contributed by atoms with Crippen molar-refractivity contribution in [2.75, 3.05) is 19.8 Å². The van der Waals surface area contributed by atoms with Crippen molar-refractivity contribution in [1.82, 2.24) is 14.9 Å². The number of rotatable bonds is 6. The number of fused-ring (bicyclic) bond motifs is 1. The highest BCUT2D eigenvalue weighted by molar-refractivity contribution is 5.11. The standard InChI is InChI=1S/C17H24F3N3O2/c1-12(2)25-11-16-6-3-9-23(16)13(4-7-16)10-24-14-5-8-21-15(22-14)17(18,19)20/h5,8,12-13H,3-4,6-7,9-11H2,1-2H3. The molecular formula is C17H24F3N3O2. The van der Waals surface area contributed by atoms with Gasteiger partial charge in [-0.3, -0.25) is 4.90 Å². The summed E-state index contributed by atoms with van der Waals surface area (Å²) in [6, 6.07) is 1.55. The van der Waals surface area contributed by atoms with Gasteiger partial charge >= 0.3 is 6.18 Å². The van der Waals surface area contributed by atoms with E-state index in [2.05, 4.69) is 14.9 Å². The molecule has 0 bridgehead atoms. The molecule has 0 aromatic carbocycles. The highest BCUT2D eigenvalue weighted by atomic mass is 19.4. The van der Waals surface area contributed by atoms with Gasteiger partial charge in [0.2, 0.25) is 11.7 Å². The van der Waals surface area contributed by atoms with Gasteiger partial charge in [-0.25, -0.2) is 4.98 Å². The van der Waals surface area contributed by atoms with Crippen molar-refractivity contribution in [3.05, 3.63) is 18.1 Å². The molecule has 2 unspecified atom stereocenters. The van der Waals surface area contributed by atoms with E-state index in [9.17, 15) is 13.2 Å². The van der Waals surface area contributed by atoms with Crippen LogP contribution in [0.25, 0.3) is 0 Å². The normalized spacial score (nSPS) is 27.0. The van der Waals surface area contributed by atoms with E-state index in [0.29, 0.717) is 13.2 Å². The average molecular weight is 359 g/mol. The number of aromatic nitrogens is 2. The predicted molar refractivity (Wildman–Crippen MR) is 85.3 cm³/mol. The van der Waals surface area contributed by atoms with Crippen LogP contribution in [0.4, 0.5) is 13.2 Å². The molecule has 2 aliphatic rings. The van der Waals surface area contributed by atoms with Crippen LogP contribution in [0.5, 0.6) is 5.88 Å². The molecule has 0 N–H and O–H groups in total. The number of alkyl halides is 3. The van der Waals surface area contributed by atoms with Crippen molar-refractivity contribution in [1.29, 1.82) is 0 Å². The average Bonchev–Trinajstić information content (AvgIpc) is 3.10. The van der Waals surface area contributed by atoms with Crippen LogP contribution in [0.2, 0.25) is 0 Å². The van der Waals surface area contributed by atoms with Gasteiger partial charge in [-0.05, 0) is 46.1 Å². The number of nitrogens with zero attached hydrogens (tertiary/aromatic N) is 3. The van der Waals surface area contributed by atoms with Crippen LogP contribution in [-0.2, 0) is 10.9 Å². The molecule has 1 aromatic rings. The Morgan fingerprint density at radius 2 is 2.16 bits per heavy atom. The summed E-state index contributed by atoms with van der Waals surface area (Å²) in [5.41, 5.74) is 0.0566. The van der Waals surface area contributed by atoms with E-state index in [1.165, 1.54) is 6.07 Å². The van der Waals surface area contributed by atoms with Gasteiger partial charge in [0.15, 0.2) is 0 Å². The molecule has 25 heavy (non-hydrogen) atoms. The number of ether oxygens (including phenoxy) is 2. The lowest BCUT2D eigenvalue weighted by molar-refractivity contribution is -0.145. The lowest BCUT2D eigenvalue weighted by Crippen LogP contribution is -2.47. The van der Waals surface area contributed by atoms with Gasteiger partial charge in [0.05, 0.1) is 12.7 Å². The Bertz CT molecular complexity index is 597. The Morgan fingerprint density at radius 3 is 2.88 bits per heavy atom. The van der Waals surface area contributed by atoms with Crippen LogP contribution in [0.1, 0.15) is 45.4 Å². The van der Waals surface area contributed by atoms with Gasteiger partial charge in [-0.2, -0.15) is 18.2 Å². The molecule has 5 nitrogen and oxygen atoms in total. The van der Waals surface area contributed by atoms with Crippen LogP contribution in [0.15, 0.2) is 12.3 Å². The second-order valence-corrected chi connectivity index (χ2v) is 7.10. The van der Waals surface area contributed by atoms with Crippen molar-refractivity contribution in [3.8, 4) is 5.88 Å². The summed E-state index contributed by atoms with van der Waals surface area (Å²) < 4.78 is 49.5. The van der Waals surface area contributed by atoms with E-state index >= 15 is 0 Å². The van der Waals surface area contributed by atoms with Crippen molar-refractivity contribution < 1.29 is 22.6 Å². The molecule has 8 heteroatoms. The first-order valence-corrected chi connectivity index (χ1v) is 8.72. The first-order chi connectivity index (χ1) is 11.8. The Balaban J connectivity index is 1.61. The fraction of sp³-hybridized carbons (Fsp3) is 0.765. The Morgan fingerprint density at radius 1 is 1.36 bits per heavy atom. The summed E-state index contributed by atoms with van der Waals surface area (Å²) in [4.78, 5) is 9.14. The molecule has 2 saturated heterocycles. The SMILES string of the molecule is CC(C)OCC12CCCN1C(COc1ccnc(C(F)(F)F)n1)CC2. The van der Waals surface area contributed by atoms with Crippen molar-refractivity contribution >= 4 is 0 Å². The van der Waals surface area contributed by atoms with E-state index in [1.807, 2.05) is 13.8 Å². The fourth-order valence-corrected chi connectivity index (χ4v) is 3.85. The van der Waals surface area contributed by atoms with Crippen LogP contribution in [-0.4, -0.2) is 52.3 Å². The molecule has 2 aliphatic heterocycles. The molecule has 140 valence electrons. The maximum absolute atomic E-state index is 12.7. The van der Waals surface area contributed by atoms with Gasteiger partial charge in [-0.15, -0.1) is 0 Å². The summed E-state index contributed by atoms with van der Waals surface area (Å²) in [6.07, 6.45) is 0.908. The van der Waals surface area contributed by atoms with E-state index < -0.39 is 12.0 Å². The second-order valence-electron chi connectivity index (χ2n) is 7.10. The van der Waals surface area contributed by atoms with E-state index in [1.54, 1.807) is 0 Å². The molecule has 2 fully saturated rings. The summed E-state index contributed by atoms with van der Waals surface area (Å²) >= 11 is 0. The van der Waals surface area contributed by atoms with Crippen LogP contribution < -0.4 is 4.74 Å². The van der Waals surface area contributed by atoms with Crippen molar-refractivity contribution in [2.45, 2.75) is 63.4 Å². The summed E-state index contributed by atoms with van der Waals surface area (Å²) in [5, 5.41) is 0. The smallest absolute Gasteiger partial charge is 0.451 e. The summed E-state index contributed by atoms with van der Waals surface area (Å²) in [6.45, 7) is 6.06. The quantitative estimate of drug-likeness (QED) is 0.780. The summed E-state index contributed by atoms with van der Waals surface area (Å²) in [5.74, 6) is -1.20. The fourth-order valence-electron chi connectivity index (χ4n) is 3.85. The molecule has 3 rings (SSSR count). The zero-order valence-corrected chi connectivity index (χ0v) is 14.6. The molecule has 0 spiro atoms. The van der Waals surface area contributed by atoms with E-state index in [0.717, 1.165) is 38.4 Å². The van der Waals surface area contributed by atoms with Crippen molar-refractivity contribution in [2.24, 2.45) is 0 Å². The maximum Gasteiger partial charge on any atom is 0.451 e. The first-order valence-electron chi connectivity index (χ1n) is 8.72. The summed E-state index contributed by atoms with van der Waals surface area (Å²) in [7, 11) is 0. The minimum atomic E-state index is -4.56. The molecule has 0 radical (unpaired) electrons. The molecule has 1 aromatic heterocycles. The monoisotopic (exact) mass is 359 g/mol. The van der Waals surface area contributed by atoms with E-state index in [4.69, 9.17) is 9.47 Å². The number of halogens is 3. The van der Waals surface area contributed by atoms with Gasteiger partial charge in [0.25, 0.3) is 0 Å². The van der Waals surface area contributed by atoms with Gasteiger partial charge in [0, 0.05) is 23.8 Å². The van der Waals surface area contributed by atoms with Gasteiger partial charge in [-0.1, -0.05) is 0 Å². The molecular weight excluding hydrogens is 335 g/mol. The van der Waals surface area contributed by atoms with E-state index in [-0.39, 0.29) is 23.6 Å². The van der Waals surface area contributed by atoms with Gasteiger partial charge < -0.3 is 9.47 Å². The highest BCUT2D eigenvalue weighted by Gasteiger charge is 2.49. The second kappa shape index (κ2) is 7.07. The predicted octanol–water partition coefficient (Wildman–Crippen LogP) is 3.30. The third-order valence-electron chi connectivity index (χ3n) is 5.03. The highest BCUT2D eigenvalue weighted by Crippen LogP contribution is 2.42. The van der Waals surface area contributed by atoms with Gasteiger partial charge in [0.1, 0.15) is 6.61 Å². The molecule has 0 amide bonds. The molecule has 3 heterocycles. The lowest BCUT2D eigenvalue weighted by atomic mass is 9.95. The zero-order chi connectivity index (χ0) is 18.1. The Labute approximate surface area is 145 Å². The first kappa shape index (κ1) is 18.4. The molecule has 0 saturated carbocycles. The van der Waals surface area contributed by atoms with Crippen LogP contribution >= 0.6 is 0 Å². The van der Waals surface area contributed by atoms with Crippen LogP contribution in [0, 0.1) is 0 Å². The minimum absolute atomic E-state index is 0.0301. The van der Waals surface area contributed by atoms with Crippen LogP contribution in [0.3, 0.4) is 0 Å². The van der Waals surface area contributed by atoms with Crippen molar-refractivity contribution in [3.63, 3.8) is 0 Å². The molecule has 0 aliphatic carbocycles. The Kier molecular flexibility index (Phi) is 5.20. The maximum atomic E-state index is 12.7. The Hall–Kier alpha value is -1.41. The largest absolute Gasteiger partial charge is 0.476 e. The third kappa shape index (κ3) is 4.06.